The summed E-state index contributed by atoms with van der Waals surface area (Å²) in [4.78, 5) is 24.9. The van der Waals surface area contributed by atoms with Gasteiger partial charge in [0.25, 0.3) is 5.91 Å². The van der Waals surface area contributed by atoms with E-state index in [1.165, 1.54) is 23.1 Å². The summed E-state index contributed by atoms with van der Waals surface area (Å²) >= 11 is 2.73. The van der Waals surface area contributed by atoms with Crippen LogP contribution in [-0.2, 0) is 4.79 Å². The van der Waals surface area contributed by atoms with Crippen LogP contribution in [0.25, 0.3) is 0 Å². The Morgan fingerprint density at radius 2 is 1.80 bits per heavy atom. The van der Waals surface area contributed by atoms with Crippen molar-refractivity contribution in [3.8, 4) is 5.75 Å². The Kier molecular flexibility index (Phi) is 7.26. The van der Waals surface area contributed by atoms with Crippen LogP contribution in [0, 0.1) is 0 Å². The number of methoxy groups -OCH3 is 1. The maximum absolute atomic E-state index is 12.5. The molecule has 10 heteroatoms. The largest absolute Gasteiger partial charge is 0.495 e. The number of aromatic nitrogens is 2. The van der Waals surface area contributed by atoms with E-state index in [4.69, 9.17) is 4.74 Å². The van der Waals surface area contributed by atoms with Crippen LogP contribution in [0.1, 0.15) is 17.3 Å². The molecule has 30 heavy (non-hydrogen) atoms. The second-order valence-corrected chi connectivity index (χ2v) is 8.67. The first kappa shape index (κ1) is 21.6. The average molecular weight is 444 g/mol. The smallest absolute Gasteiger partial charge is 0.255 e. The van der Waals surface area contributed by atoms with Crippen molar-refractivity contribution in [2.75, 3.05) is 30.1 Å². The van der Waals surface area contributed by atoms with Crippen molar-refractivity contribution in [2.24, 2.45) is 0 Å². The van der Waals surface area contributed by atoms with Gasteiger partial charge in [-0.05, 0) is 43.3 Å². The summed E-state index contributed by atoms with van der Waals surface area (Å²) in [5.41, 5.74) is 1.66. The van der Waals surface area contributed by atoms with Crippen molar-refractivity contribution in [3.05, 3.63) is 54.1 Å². The molecule has 2 aromatic carbocycles. The van der Waals surface area contributed by atoms with Crippen molar-refractivity contribution in [3.63, 3.8) is 0 Å². The summed E-state index contributed by atoms with van der Waals surface area (Å²) in [7, 11) is 3.32. The lowest BCUT2D eigenvalue weighted by molar-refractivity contribution is -0.115. The van der Waals surface area contributed by atoms with Crippen molar-refractivity contribution >= 4 is 51.4 Å². The van der Waals surface area contributed by atoms with E-state index in [0.29, 0.717) is 32.2 Å². The number of amides is 2. The molecule has 0 saturated heterocycles. The average Bonchev–Trinajstić information content (AvgIpc) is 3.22. The standard InChI is InChI=1S/C20H21N5O3S2/c1-12(29-20-25-24-19(21-2)30-20)17(26)22-14-10-8-13(9-11-14)18(27)23-15-6-4-5-7-16(15)28-3/h4-12H,1-3H3,(H,21,24)(H,22,26)(H,23,27)/t12-/m0/s1. The predicted molar refractivity (Wildman–Crippen MR) is 121 cm³/mol. The summed E-state index contributed by atoms with van der Waals surface area (Å²) in [5.74, 6) is 0.156. The van der Waals surface area contributed by atoms with Gasteiger partial charge in [-0.3, -0.25) is 9.59 Å². The predicted octanol–water partition coefficient (Wildman–Crippen LogP) is 3.96. The molecular formula is C20H21N5O3S2. The van der Waals surface area contributed by atoms with Gasteiger partial charge in [0.15, 0.2) is 4.34 Å². The van der Waals surface area contributed by atoms with Crippen LogP contribution >= 0.6 is 23.1 Å². The fourth-order valence-corrected chi connectivity index (χ4v) is 4.30. The van der Waals surface area contributed by atoms with Crippen molar-refractivity contribution in [2.45, 2.75) is 16.5 Å². The lowest BCUT2D eigenvalue weighted by atomic mass is 10.2. The zero-order chi connectivity index (χ0) is 21.5. The number of hydrogen-bond acceptors (Lipinski definition) is 8. The zero-order valence-electron chi connectivity index (χ0n) is 16.6. The van der Waals surface area contributed by atoms with Gasteiger partial charge in [-0.25, -0.2) is 0 Å². The zero-order valence-corrected chi connectivity index (χ0v) is 18.3. The van der Waals surface area contributed by atoms with E-state index >= 15 is 0 Å². The highest BCUT2D eigenvalue weighted by atomic mass is 32.2. The van der Waals surface area contributed by atoms with Crippen LogP contribution in [0.15, 0.2) is 52.9 Å². The van der Waals surface area contributed by atoms with Gasteiger partial charge in [-0.15, -0.1) is 10.2 Å². The van der Waals surface area contributed by atoms with Gasteiger partial charge >= 0.3 is 0 Å². The van der Waals surface area contributed by atoms with Crippen molar-refractivity contribution < 1.29 is 14.3 Å². The molecule has 0 radical (unpaired) electrons. The third-order valence-electron chi connectivity index (χ3n) is 4.04. The van der Waals surface area contributed by atoms with Gasteiger partial charge in [0, 0.05) is 18.3 Å². The second kappa shape index (κ2) is 10.1. The number of benzene rings is 2. The molecule has 1 atom stereocenters. The third kappa shape index (κ3) is 5.49. The van der Waals surface area contributed by atoms with E-state index < -0.39 is 0 Å². The van der Waals surface area contributed by atoms with Crippen LogP contribution in [0.3, 0.4) is 0 Å². The van der Waals surface area contributed by atoms with Crippen LogP contribution in [-0.4, -0.2) is 41.4 Å². The number of carbonyl (C=O) groups is 2. The molecule has 3 N–H and O–H groups in total. The maximum atomic E-state index is 12.5. The minimum Gasteiger partial charge on any atom is -0.495 e. The number of nitrogens with zero attached hydrogens (tertiary/aromatic N) is 2. The summed E-state index contributed by atoms with van der Waals surface area (Å²) in [6.07, 6.45) is 0. The molecule has 0 unspecified atom stereocenters. The third-order valence-corrected chi connectivity index (χ3v) is 6.16. The van der Waals surface area contributed by atoms with Crippen molar-refractivity contribution in [1.29, 1.82) is 0 Å². The summed E-state index contributed by atoms with van der Waals surface area (Å²) in [6, 6.07) is 13.9. The lowest BCUT2D eigenvalue weighted by Gasteiger charge is -2.12. The summed E-state index contributed by atoms with van der Waals surface area (Å²) in [5, 5.41) is 16.9. The molecule has 0 aliphatic rings. The van der Waals surface area contributed by atoms with E-state index in [1.807, 2.05) is 12.1 Å². The number of thioether (sulfide) groups is 1. The normalized spacial score (nSPS) is 11.4. The fraction of sp³-hybridized carbons (Fsp3) is 0.200. The van der Waals surface area contributed by atoms with E-state index in [1.54, 1.807) is 57.5 Å². The number of nitrogens with one attached hydrogen (secondary N) is 3. The van der Waals surface area contributed by atoms with Gasteiger partial charge in [-0.1, -0.05) is 35.2 Å². The van der Waals surface area contributed by atoms with Gasteiger partial charge in [-0.2, -0.15) is 0 Å². The van der Waals surface area contributed by atoms with Crippen LogP contribution in [0.4, 0.5) is 16.5 Å². The SMILES string of the molecule is CNc1nnc(S[C@@H](C)C(=O)Nc2ccc(C(=O)Nc3ccccc3OC)cc2)s1. The van der Waals surface area contributed by atoms with Crippen molar-refractivity contribution in [1.82, 2.24) is 10.2 Å². The molecule has 156 valence electrons. The van der Waals surface area contributed by atoms with E-state index in [9.17, 15) is 9.59 Å². The van der Waals surface area contributed by atoms with Gasteiger partial charge in [0.05, 0.1) is 18.0 Å². The quantitative estimate of drug-likeness (QED) is 0.453. The van der Waals surface area contributed by atoms with Gasteiger partial charge in [0.1, 0.15) is 5.75 Å². The first-order valence-electron chi connectivity index (χ1n) is 9.03. The van der Waals surface area contributed by atoms with Crippen LogP contribution in [0.5, 0.6) is 5.75 Å². The lowest BCUT2D eigenvalue weighted by Crippen LogP contribution is -2.22. The first-order valence-corrected chi connectivity index (χ1v) is 10.7. The Labute approximate surface area is 182 Å². The Morgan fingerprint density at radius 3 is 2.47 bits per heavy atom. The summed E-state index contributed by atoms with van der Waals surface area (Å²) < 4.78 is 5.96. The first-order chi connectivity index (χ1) is 14.5. The molecule has 1 heterocycles. The molecule has 3 rings (SSSR count). The molecule has 0 aliphatic carbocycles. The molecule has 0 bridgehead atoms. The molecule has 0 aliphatic heterocycles. The monoisotopic (exact) mass is 443 g/mol. The van der Waals surface area contributed by atoms with Gasteiger partial charge in [0.2, 0.25) is 11.0 Å². The topological polar surface area (TPSA) is 105 Å². The molecule has 0 saturated carbocycles. The Hall–Kier alpha value is -3.11. The Balaban J connectivity index is 1.58. The van der Waals surface area contributed by atoms with Crippen LogP contribution in [0.2, 0.25) is 0 Å². The van der Waals surface area contributed by atoms with Gasteiger partial charge < -0.3 is 20.7 Å². The van der Waals surface area contributed by atoms with E-state index in [-0.39, 0.29) is 17.1 Å². The number of anilines is 3. The highest BCUT2D eigenvalue weighted by Crippen LogP contribution is 2.29. The van der Waals surface area contributed by atoms with Crippen LogP contribution < -0.4 is 20.7 Å². The fourth-order valence-electron chi connectivity index (χ4n) is 2.45. The number of para-hydroxylation sites is 2. The number of carbonyl (C=O) groups excluding carboxylic acids is 2. The highest BCUT2D eigenvalue weighted by Gasteiger charge is 2.17. The molecule has 8 nitrogen and oxygen atoms in total. The Morgan fingerprint density at radius 1 is 1.07 bits per heavy atom. The van der Waals surface area contributed by atoms with E-state index in [2.05, 4.69) is 26.1 Å². The minimum atomic E-state index is -0.351. The molecule has 3 aromatic rings. The minimum absolute atomic E-state index is 0.160. The molecule has 1 aromatic heterocycles. The number of hydrogen-bond donors (Lipinski definition) is 3. The molecular weight excluding hydrogens is 422 g/mol. The summed E-state index contributed by atoms with van der Waals surface area (Å²) in [6.45, 7) is 1.80. The highest BCUT2D eigenvalue weighted by molar-refractivity contribution is 8.02. The number of ether oxygens (including phenoxy) is 1. The number of rotatable bonds is 8. The Bertz CT molecular complexity index is 1020. The maximum Gasteiger partial charge on any atom is 0.255 e. The molecule has 0 fully saturated rings. The molecule has 2 amide bonds. The molecule has 0 spiro atoms. The van der Waals surface area contributed by atoms with E-state index in [0.717, 1.165) is 0 Å². The second-order valence-electron chi connectivity index (χ2n) is 6.10.